The van der Waals surface area contributed by atoms with Gasteiger partial charge in [-0.25, -0.2) is 0 Å². The molecular weight excluding hydrogens is 256 g/mol. The third kappa shape index (κ3) is 11.8. The van der Waals surface area contributed by atoms with Crippen LogP contribution >= 0.6 is 11.8 Å². The average molecular weight is 291 g/mol. The zero-order valence-corrected chi connectivity index (χ0v) is 14.3. The van der Waals surface area contributed by atoms with Crippen LogP contribution in [0.15, 0.2) is 0 Å². The summed E-state index contributed by atoms with van der Waals surface area (Å²) < 4.78 is 11.6. The number of thioether (sulfide) groups is 1. The van der Waals surface area contributed by atoms with Crippen LogP contribution in [-0.4, -0.2) is 36.9 Å². The highest BCUT2D eigenvalue weighted by Gasteiger charge is 2.12. The number of ether oxygens (including phenoxy) is 2. The molecule has 0 bridgehead atoms. The second kappa shape index (κ2) is 14.7. The Hall–Kier alpha value is 0.270. The monoisotopic (exact) mass is 290 g/mol. The molecule has 0 spiro atoms. The fourth-order valence-corrected chi connectivity index (χ4v) is 3.28. The summed E-state index contributed by atoms with van der Waals surface area (Å²) in [5.74, 6) is 2.23. The van der Waals surface area contributed by atoms with E-state index >= 15 is 0 Å². The minimum atomic E-state index is 0.434. The Morgan fingerprint density at radius 2 is 1.16 bits per heavy atom. The topological polar surface area (TPSA) is 18.5 Å². The first kappa shape index (κ1) is 19.3. The summed E-state index contributed by atoms with van der Waals surface area (Å²) in [5.41, 5.74) is 0. The van der Waals surface area contributed by atoms with Gasteiger partial charge in [-0.2, -0.15) is 11.8 Å². The highest BCUT2D eigenvalue weighted by atomic mass is 32.2. The normalized spacial score (nSPS) is 14.5. The van der Waals surface area contributed by atoms with Crippen molar-refractivity contribution in [3.05, 3.63) is 0 Å². The van der Waals surface area contributed by atoms with E-state index in [-0.39, 0.29) is 0 Å². The third-order valence-electron chi connectivity index (χ3n) is 3.17. The minimum absolute atomic E-state index is 0.434. The zero-order valence-electron chi connectivity index (χ0n) is 13.5. The molecule has 0 aromatic carbocycles. The maximum atomic E-state index is 5.81. The molecule has 0 aliphatic carbocycles. The maximum Gasteiger partial charge on any atom is 0.0665 e. The average Bonchev–Trinajstić information content (AvgIpc) is 2.42. The SMILES string of the molecule is CCCCC(CSCC(CCCC)OCC)OCC. The molecule has 0 N–H and O–H groups in total. The highest BCUT2D eigenvalue weighted by molar-refractivity contribution is 7.99. The molecule has 3 heteroatoms. The van der Waals surface area contributed by atoms with Gasteiger partial charge in [0.2, 0.25) is 0 Å². The zero-order chi connectivity index (χ0) is 14.3. The van der Waals surface area contributed by atoms with Gasteiger partial charge in [0.25, 0.3) is 0 Å². The van der Waals surface area contributed by atoms with Crippen molar-refractivity contribution in [1.82, 2.24) is 0 Å². The van der Waals surface area contributed by atoms with Gasteiger partial charge < -0.3 is 9.47 Å². The van der Waals surface area contributed by atoms with Gasteiger partial charge in [0.15, 0.2) is 0 Å². The van der Waals surface area contributed by atoms with E-state index in [9.17, 15) is 0 Å². The molecule has 2 unspecified atom stereocenters. The van der Waals surface area contributed by atoms with Gasteiger partial charge >= 0.3 is 0 Å². The van der Waals surface area contributed by atoms with Crippen LogP contribution in [0.2, 0.25) is 0 Å². The van der Waals surface area contributed by atoms with E-state index in [0.29, 0.717) is 12.2 Å². The first-order chi connectivity index (χ1) is 9.28. The van der Waals surface area contributed by atoms with E-state index in [1.54, 1.807) is 0 Å². The number of hydrogen-bond donors (Lipinski definition) is 0. The van der Waals surface area contributed by atoms with E-state index in [4.69, 9.17) is 9.47 Å². The second-order valence-corrected chi connectivity index (χ2v) is 6.05. The van der Waals surface area contributed by atoms with Gasteiger partial charge in [-0.3, -0.25) is 0 Å². The van der Waals surface area contributed by atoms with Crippen LogP contribution in [-0.2, 0) is 9.47 Å². The summed E-state index contributed by atoms with van der Waals surface area (Å²) in [6.07, 6.45) is 8.33. The fraction of sp³-hybridized carbons (Fsp3) is 1.00. The Kier molecular flexibility index (Phi) is 14.9. The molecule has 0 heterocycles. The first-order valence-electron chi connectivity index (χ1n) is 8.09. The van der Waals surface area contributed by atoms with E-state index in [0.717, 1.165) is 24.7 Å². The summed E-state index contributed by atoms with van der Waals surface area (Å²) in [4.78, 5) is 0. The van der Waals surface area contributed by atoms with Crippen molar-refractivity contribution < 1.29 is 9.47 Å². The molecule has 2 atom stereocenters. The molecule has 0 radical (unpaired) electrons. The Labute approximate surface area is 125 Å². The lowest BCUT2D eigenvalue weighted by atomic mass is 10.2. The minimum Gasteiger partial charge on any atom is -0.378 e. The van der Waals surface area contributed by atoms with E-state index < -0.39 is 0 Å². The Balaban J connectivity index is 3.83. The predicted molar refractivity (Wildman–Crippen MR) is 87.2 cm³/mol. The Bertz CT molecular complexity index is 158. The molecule has 0 aromatic rings. The van der Waals surface area contributed by atoms with Gasteiger partial charge in [0, 0.05) is 24.7 Å². The Morgan fingerprint density at radius 3 is 1.47 bits per heavy atom. The largest absolute Gasteiger partial charge is 0.378 e. The summed E-state index contributed by atoms with van der Waals surface area (Å²) in [6, 6.07) is 0. The first-order valence-corrected chi connectivity index (χ1v) is 9.24. The van der Waals surface area contributed by atoms with Gasteiger partial charge in [-0.1, -0.05) is 39.5 Å². The standard InChI is InChI=1S/C16H34O2S/c1-5-9-11-15(17-7-3)13-19-14-16(18-8-4)12-10-6-2/h15-16H,5-14H2,1-4H3. The molecule has 0 rings (SSSR count). The molecule has 0 amide bonds. The van der Waals surface area contributed by atoms with Crippen LogP contribution in [0.3, 0.4) is 0 Å². The lowest BCUT2D eigenvalue weighted by Gasteiger charge is -2.19. The van der Waals surface area contributed by atoms with Gasteiger partial charge in [0.05, 0.1) is 12.2 Å². The van der Waals surface area contributed by atoms with Crippen molar-refractivity contribution in [3.63, 3.8) is 0 Å². The fourth-order valence-electron chi connectivity index (χ4n) is 2.10. The second-order valence-electron chi connectivity index (χ2n) is 4.98. The molecule has 0 saturated heterocycles. The number of unbranched alkanes of at least 4 members (excludes halogenated alkanes) is 2. The van der Waals surface area contributed by atoms with Crippen molar-refractivity contribution in [3.8, 4) is 0 Å². The Morgan fingerprint density at radius 1 is 0.737 bits per heavy atom. The molecule has 0 aliphatic rings. The number of rotatable bonds is 14. The smallest absolute Gasteiger partial charge is 0.0665 e. The van der Waals surface area contributed by atoms with Crippen LogP contribution in [0.5, 0.6) is 0 Å². The molecule has 0 aromatic heterocycles. The quantitative estimate of drug-likeness (QED) is 0.453. The van der Waals surface area contributed by atoms with E-state index in [1.165, 1.54) is 38.5 Å². The lowest BCUT2D eigenvalue weighted by Crippen LogP contribution is -2.20. The van der Waals surface area contributed by atoms with Crippen molar-refractivity contribution in [2.24, 2.45) is 0 Å². The van der Waals surface area contributed by atoms with Crippen molar-refractivity contribution in [2.45, 2.75) is 78.4 Å². The molecule has 0 aliphatic heterocycles. The van der Waals surface area contributed by atoms with Crippen LogP contribution < -0.4 is 0 Å². The summed E-state index contributed by atoms with van der Waals surface area (Å²) in [5, 5.41) is 0. The van der Waals surface area contributed by atoms with E-state index in [2.05, 4.69) is 27.7 Å². The van der Waals surface area contributed by atoms with Gasteiger partial charge in [0.1, 0.15) is 0 Å². The molecule has 2 nitrogen and oxygen atoms in total. The lowest BCUT2D eigenvalue weighted by molar-refractivity contribution is 0.0684. The van der Waals surface area contributed by atoms with Crippen molar-refractivity contribution in [2.75, 3.05) is 24.7 Å². The summed E-state index contributed by atoms with van der Waals surface area (Å²) in [6.45, 7) is 10.3. The van der Waals surface area contributed by atoms with Crippen LogP contribution in [0.1, 0.15) is 66.2 Å². The van der Waals surface area contributed by atoms with Crippen molar-refractivity contribution in [1.29, 1.82) is 0 Å². The van der Waals surface area contributed by atoms with Gasteiger partial charge in [-0.15, -0.1) is 0 Å². The molecule has 19 heavy (non-hydrogen) atoms. The van der Waals surface area contributed by atoms with E-state index in [1.807, 2.05) is 11.8 Å². The maximum absolute atomic E-state index is 5.81. The molecule has 0 saturated carbocycles. The van der Waals surface area contributed by atoms with Crippen LogP contribution in [0, 0.1) is 0 Å². The molecule has 0 fully saturated rings. The third-order valence-corrected chi connectivity index (χ3v) is 4.39. The van der Waals surface area contributed by atoms with Crippen molar-refractivity contribution >= 4 is 11.8 Å². The van der Waals surface area contributed by atoms with Gasteiger partial charge in [-0.05, 0) is 26.7 Å². The van der Waals surface area contributed by atoms with Crippen LogP contribution in [0.25, 0.3) is 0 Å². The number of hydrogen-bond acceptors (Lipinski definition) is 3. The molecular formula is C16H34O2S. The predicted octanol–water partition coefficient (Wildman–Crippen LogP) is 4.91. The summed E-state index contributed by atoms with van der Waals surface area (Å²) >= 11 is 2.00. The molecule has 116 valence electrons. The highest BCUT2D eigenvalue weighted by Crippen LogP contribution is 2.16. The summed E-state index contributed by atoms with van der Waals surface area (Å²) in [7, 11) is 0. The van der Waals surface area contributed by atoms with Crippen LogP contribution in [0.4, 0.5) is 0 Å².